The first-order valence-corrected chi connectivity index (χ1v) is 7.50. The Bertz CT molecular complexity index is 450. The molecule has 2 unspecified atom stereocenters. The fraction of sp³-hybridized carbons (Fsp3) is 0.615. The van der Waals surface area contributed by atoms with E-state index in [0.29, 0.717) is 22.3 Å². The number of ketones is 1. The third kappa shape index (κ3) is 4.00. The molecule has 2 atom stereocenters. The van der Waals surface area contributed by atoms with E-state index in [2.05, 4.69) is 9.80 Å². The smallest absolute Gasteiger partial charge is 0.186 e. The van der Waals surface area contributed by atoms with Crippen molar-refractivity contribution in [1.29, 1.82) is 0 Å². The SMILES string of the molecule is CN(C)CC1CC(O)CN1CC(=O)c1ccc(Cl)s1. The van der Waals surface area contributed by atoms with E-state index in [0.717, 1.165) is 13.0 Å². The second-order valence-electron chi connectivity index (χ2n) is 5.26. The van der Waals surface area contributed by atoms with Gasteiger partial charge in [0.1, 0.15) is 0 Å². The first-order chi connectivity index (χ1) is 8.95. The van der Waals surface area contributed by atoms with Gasteiger partial charge in [-0.1, -0.05) is 11.6 Å². The molecular weight excluding hydrogens is 284 g/mol. The molecule has 2 rings (SSSR count). The van der Waals surface area contributed by atoms with E-state index >= 15 is 0 Å². The number of likely N-dealkylation sites (N-methyl/N-ethyl adjacent to an activating group) is 1. The molecule has 19 heavy (non-hydrogen) atoms. The lowest BCUT2D eigenvalue weighted by molar-refractivity contribution is 0.0906. The van der Waals surface area contributed by atoms with Gasteiger partial charge in [0.05, 0.1) is 21.9 Å². The van der Waals surface area contributed by atoms with Gasteiger partial charge in [0.25, 0.3) is 0 Å². The van der Waals surface area contributed by atoms with E-state index in [1.807, 2.05) is 14.1 Å². The third-order valence-corrected chi connectivity index (χ3v) is 4.55. The molecule has 1 aliphatic heterocycles. The molecular formula is C13H19ClN2O2S. The van der Waals surface area contributed by atoms with E-state index in [1.165, 1.54) is 11.3 Å². The van der Waals surface area contributed by atoms with Crippen LogP contribution in [0.3, 0.4) is 0 Å². The standard InChI is InChI=1S/C13H19ClN2O2S/c1-15(2)6-9-5-10(17)7-16(9)8-11(18)12-3-4-13(14)19-12/h3-4,9-10,17H,5-8H2,1-2H3. The lowest BCUT2D eigenvalue weighted by atomic mass is 10.2. The van der Waals surface area contributed by atoms with Gasteiger partial charge in [0, 0.05) is 19.1 Å². The Hall–Kier alpha value is -0.460. The van der Waals surface area contributed by atoms with Gasteiger partial charge in [-0.15, -0.1) is 11.3 Å². The summed E-state index contributed by atoms with van der Waals surface area (Å²) in [4.78, 5) is 17.0. The molecule has 1 aliphatic rings. The van der Waals surface area contributed by atoms with Crippen molar-refractivity contribution in [3.05, 3.63) is 21.3 Å². The van der Waals surface area contributed by atoms with Gasteiger partial charge in [-0.25, -0.2) is 0 Å². The second kappa shape index (κ2) is 6.33. The number of aliphatic hydroxyl groups is 1. The van der Waals surface area contributed by atoms with Crippen LogP contribution in [0, 0.1) is 0 Å². The fourth-order valence-corrected chi connectivity index (χ4v) is 3.46. The number of likely N-dealkylation sites (tertiary alicyclic amines) is 1. The maximum Gasteiger partial charge on any atom is 0.186 e. The van der Waals surface area contributed by atoms with Crippen LogP contribution in [0.4, 0.5) is 0 Å². The molecule has 0 aromatic carbocycles. The maximum atomic E-state index is 12.2. The van der Waals surface area contributed by atoms with Crippen LogP contribution in [0.5, 0.6) is 0 Å². The molecule has 0 amide bonds. The summed E-state index contributed by atoms with van der Waals surface area (Å²) in [6.45, 7) is 1.78. The predicted octanol–water partition coefficient (Wildman–Crippen LogP) is 1.58. The predicted molar refractivity (Wildman–Crippen MR) is 78.2 cm³/mol. The molecule has 4 nitrogen and oxygen atoms in total. The van der Waals surface area contributed by atoms with Crippen LogP contribution in [0.25, 0.3) is 0 Å². The molecule has 1 fully saturated rings. The summed E-state index contributed by atoms with van der Waals surface area (Å²) in [7, 11) is 4.01. The Morgan fingerprint density at radius 3 is 2.89 bits per heavy atom. The minimum absolute atomic E-state index is 0.0785. The van der Waals surface area contributed by atoms with Crippen molar-refractivity contribution in [2.45, 2.75) is 18.6 Å². The van der Waals surface area contributed by atoms with E-state index in [1.54, 1.807) is 12.1 Å². The van der Waals surface area contributed by atoms with Crippen molar-refractivity contribution < 1.29 is 9.90 Å². The quantitative estimate of drug-likeness (QED) is 0.839. The van der Waals surface area contributed by atoms with E-state index in [-0.39, 0.29) is 17.9 Å². The summed E-state index contributed by atoms with van der Waals surface area (Å²) >= 11 is 7.16. The normalized spacial score (nSPS) is 24.3. The van der Waals surface area contributed by atoms with Crippen molar-refractivity contribution in [2.75, 3.05) is 33.7 Å². The zero-order chi connectivity index (χ0) is 14.0. The summed E-state index contributed by atoms with van der Waals surface area (Å²) in [5.41, 5.74) is 0. The molecule has 2 heterocycles. The van der Waals surface area contributed by atoms with Crippen molar-refractivity contribution in [1.82, 2.24) is 9.80 Å². The molecule has 1 aromatic rings. The molecule has 0 saturated carbocycles. The molecule has 0 radical (unpaired) electrons. The molecule has 6 heteroatoms. The Labute approximate surface area is 122 Å². The summed E-state index contributed by atoms with van der Waals surface area (Å²) in [5, 5.41) is 9.78. The average molecular weight is 303 g/mol. The Balaban J connectivity index is 1.98. The average Bonchev–Trinajstić information content (AvgIpc) is 2.85. The van der Waals surface area contributed by atoms with E-state index in [9.17, 15) is 9.90 Å². The lowest BCUT2D eigenvalue weighted by Gasteiger charge is -2.25. The van der Waals surface area contributed by atoms with Crippen molar-refractivity contribution in [3.8, 4) is 0 Å². The maximum absolute atomic E-state index is 12.2. The highest BCUT2D eigenvalue weighted by molar-refractivity contribution is 7.18. The molecule has 0 bridgehead atoms. The van der Waals surface area contributed by atoms with Crippen LogP contribution in [0.2, 0.25) is 4.34 Å². The first kappa shape index (κ1) is 14.9. The Kier molecular flexibility index (Phi) is 4.97. The number of carbonyl (C=O) groups excluding carboxylic acids is 1. The topological polar surface area (TPSA) is 43.8 Å². The van der Waals surface area contributed by atoms with Crippen molar-refractivity contribution in [2.24, 2.45) is 0 Å². The number of aliphatic hydroxyl groups excluding tert-OH is 1. The van der Waals surface area contributed by atoms with Gasteiger partial charge in [-0.05, 0) is 32.6 Å². The van der Waals surface area contributed by atoms with Crippen LogP contribution >= 0.6 is 22.9 Å². The molecule has 0 aliphatic carbocycles. The number of Topliss-reactive ketones (excluding diaryl/α,β-unsaturated/α-hetero) is 1. The Morgan fingerprint density at radius 2 is 2.32 bits per heavy atom. The second-order valence-corrected chi connectivity index (χ2v) is 6.98. The van der Waals surface area contributed by atoms with Crippen LogP contribution in [-0.2, 0) is 0 Å². The largest absolute Gasteiger partial charge is 0.392 e. The summed E-state index contributed by atoms with van der Waals surface area (Å²) in [6.07, 6.45) is 0.404. The molecule has 106 valence electrons. The zero-order valence-corrected chi connectivity index (χ0v) is 12.7. The van der Waals surface area contributed by atoms with Crippen LogP contribution in [0.15, 0.2) is 12.1 Å². The first-order valence-electron chi connectivity index (χ1n) is 6.31. The van der Waals surface area contributed by atoms with Gasteiger partial charge in [-0.3, -0.25) is 9.69 Å². The van der Waals surface area contributed by atoms with Gasteiger partial charge < -0.3 is 10.0 Å². The molecule has 1 aromatic heterocycles. The summed E-state index contributed by atoms with van der Waals surface area (Å²) in [6, 6.07) is 3.75. The van der Waals surface area contributed by atoms with Crippen LogP contribution in [0.1, 0.15) is 16.1 Å². The minimum Gasteiger partial charge on any atom is -0.392 e. The van der Waals surface area contributed by atoms with Gasteiger partial charge in [-0.2, -0.15) is 0 Å². The summed E-state index contributed by atoms with van der Waals surface area (Å²) in [5.74, 6) is 0.0785. The molecule has 1 N–H and O–H groups in total. The van der Waals surface area contributed by atoms with E-state index < -0.39 is 0 Å². The van der Waals surface area contributed by atoms with Crippen LogP contribution in [-0.4, -0.2) is 66.6 Å². The number of halogens is 1. The highest BCUT2D eigenvalue weighted by Crippen LogP contribution is 2.24. The minimum atomic E-state index is -0.329. The number of β-amino-alcohol motifs (C(OH)–C–C–N with tert-alkyl or cyclic N) is 1. The summed E-state index contributed by atoms with van der Waals surface area (Å²) < 4.78 is 0.634. The fourth-order valence-electron chi connectivity index (χ4n) is 2.49. The van der Waals surface area contributed by atoms with Crippen molar-refractivity contribution in [3.63, 3.8) is 0 Å². The highest BCUT2D eigenvalue weighted by Gasteiger charge is 2.32. The number of rotatable bonds is 5. The van der Waals surface area contributed by atoms with Crippen molar-refractivity contribution >= 4 is 28.7 Å². The Morgan fingerprint density at radius 1 is 1.58 bits per heavy atom. The van der Waals surface area contributed by atoms with Gasteiger partial charge in [0.15, 0.2) is 5.78 Å². The zero-order valence-electron chi connectivity index (χ0n) is 11.2. The molecule has 1 saturated heterocycles. The third-order valence-electron chi connectivity index (χ3n) is 3.28. The monoisotopic (exact) mass is 302 g/mol. The highest BCUT2D eigenvalue weighted by atomic mass is 35.5. The number of hydrogen-bond acceptors (Lipinski definition) is 5. The van der Waals surface area contributed by atoms with E-state index in [4.69, 9.17) is 11.6 Å². The number of hydrogen-bond donors (Lipinski definition) is 1. The molecule has 0 spiro atoms. The lowest BCUT2D eigenvalue weighted by Crippen LogP contribution is -2.40. The van der Waals surface area contributed by atoms with Gasteiger partial charge in [0.2, 0.25) is 0 Å². The number of thiophene rings is 1. The number of carbonyl (C=O) groups is 1. The van der Waals surface area contributed by atoms with Crippen LogP contribution < -0.4 is 0 Å². The van der Waals surface area contributed by atoms with Gasteiger partial charge >= 0.3 is 0 Å². The number of nitrogens with zero attached hydrogens (tertiary/aromatic N) is 2.